The first-order valence-electron chi connectivity index (χ1n) is 13.9. The number of furan rings is 1. The number of benzene rings is 5. The summed E-state index contributed by atoms with van der Waals surface area (Å²) < 4.78 is 19.3. The molecule has 0 amide bonds. The second kappa shape index (κ2) is 10.9. The maximum absolute atomic E-state index is 13.9. The van der Waals surface area contributed by atoms with Crippen molar-refractivity contribution >= 4 is 38.9 Å². The monoisotopic (exact) mass is 565 g/mol. The van der Waals surface area contributed by atoms with Crippen LogP contribution in [0.3, 0.4) is 0 Å². The van der Waals surface area contributed by atoms with Gasteiger partial charge in [-0.05, 0) is 59.7 Å². The van der Waals surface area contributed by atoms with Gasteiger partial charge in [0.2, 0.25) is 5.82 Å². The Hall–Kier alpha value is -5.69. The summed E-state index contributed by atoms with van der Waals surface area (Å²) in [5.41, 5.74) is 3.85. The first-order valence-corrected chi connectivity index (χ1v) is 13.9. The van der Waals surface area contributed by atoms with Crippen LogP contribution in [0.15, 0.2) is 124 Å². The minimum atomic E-state index is -0.313. The Bertz CT molecular complexity index is 2210. The molecule has 2 heterocycles. The van der Waals surface area contributed by atoms with Crippen LogP contribution in [0.1, 0.15) is 16.7 Å². The normalized spacial score (nSPS) is 11.6. The number of hydrogen-bond donors (Lipinski definition) is 0. The van der Waals surface area contributed by atoms with Gasteiger partial charge in [-0.3, -0.25) is 4.79 Å². The number of rotatable bonds is 7. The molecule has 210 valence electrons. The zero-order valence-electron chi connectivity index (χ0n) is 23.7. The predicted octanol–water partition coefficient (Wildman–Crippen LogP) is 7.74. The fraction of sp³-hybridized carbons (Fsp3) is 0.0833. The third-order valence-electron chi connectivity index (χ3n) is 7.46. The highest BCUT2D eigenvalue weighted by Gasteiger charge is 2.18. The molecule has 7 heteroatoms. The molecular formula is C36H27N3O4. The molecule has 0 aliphatic heterocycles. The van der Waals surface area contributed by atoms with Crippen molar-refractivity contribution in [2.45, 2.75) is 13.5 Å². The summed E-state index contributed by atoms with van der Waals surface area (Å²) in [5.74, 6) is 1.99. The molecule has 0 saturated carbocycles. The van der Waals surface area contributed by atoms with Crippen LogP contribution in [0.4, 0.5) is 0 Å². The van der Waals surface area contributed by atoms with Gasteiger partial charge in [-0.2, -0.15) is 9.78 Å². The largest absolute Gasteiger partial charge is 0.496 e. The van der Waals surface area contributed by atoms with Crippen LogP contribution in [-0.2, 0) is 6.61 Å². The van der Waals surface area contributed by atoms with Crippen LogP contribution in [-0.4, -0.2) is 23.0 Å². The van der Waals surface area contributed by atoms with E-state index in [1.165, 1.54) is 10.2 Å². The number of aryl methyl sites for hydroxylation is 1. The number of para-hydroxylation sites is 1. The average molecular weight is 566 g/mol. The number of ether oxygens (including phenoxy) is 2. The minimum absolute atomic E-state index is 0.278. The highest BCUT2D eigenvalue weighted by atomic mass is 16.5. The second-order valence-corrected chi connectivity index (χ2v) is 10.3. The average Bonchev–Trinajstić information content (AvgIpc) is 3.49. The first kappa shape index (κ1) is 26.2. The van der Waals surface area contributed by atoms with Crippen molar-refractivity contribution in [3.63, 3.8) is 0 Å². The van der Waals surface area contributed by atoms with Crippen molar-refractivity contribution in [1.29, 1.82) is 0 Å². The Labute approximate surface area is 247 Å². The summed E-state index contributed by atoms with van der Waals surface area (Å²) in [5, 5.41) is 7.94. The summed E-state index contributed by atoms with van der Waals surface area (Å²) in [4.78, 5) is 18.7. The quantitative estimate of drug-likeness (QED) is 0.185. The molecule has 0 radical (unpaired) electrons. The summed E-state index contributed by atoms with van der Waals surface area (Å²) in [6, 6.07) is 34.8. The molecule has 0 aliphatic carbocycles. The standard InChI is InChI=1S/C36H27N3O4/c1-23-14-16-24(17-15-23)22-42-32-19-18-25-8-3-4-9-26(25)29(32)21-37-39-35(38-30-11-6-5-10-27(30)36(39)40)34-20-28-31(41-2)12-7-13-33(28)43-34/h3-21H,22H2,1-2H3. The molecule has 0 unspecified atom stereocenters. The molecule has 7 aromatic rings. The van der Waals surface area contributed by atoms with Crippen LogP contribution >= 0.6 is 0 Å². The summed E-state index contributed by atoms with van der Waals surface area (Å²) in [6.07, 6.45) is 1.66. The van der Waals surface area contributed by atoms with E-state index < -0.39 is 0 Å². The Morgan fingerprint density at radius 2 is 1.63 bits per heavy atom. The van der Waals surface area contributed by atoms with E-state index in [9.17, 15) is 4.79 Å². The van der Waals surface area contributed by atoms with E-state index in [1.807, 2.05) is 72.8 Å². The van der Waals surface area contributed by atoms with Crippen molar-refractivity contribution in [3.8, 4) is 23.1 Å². The molecule has 43 heavy (non-hydrogen) atoms. The number of nitrogens with zero attached hydrogens (tertiary/aromatic N) is 3. The zero-order valence-corrected chi connectivity index (χ0v) is 23.7. The van der Waals surface area contributed by atoms with Gasteiger partial charge in [0.05, 0.1) is 29.6 Å². The van der Waals surface area contributed by atoms with Crippen LogP contribution in [0.25, 0.3) is 44.2 Å². The van der Waals surface area contributed by atoms with Crippen LogP contribution < -0.4 is 15.0 Å². The van der Waals surface area contributed by atoms with Crippen LogP contribution in [0, 0.1) is 6.92 Å². The summed E-state index contributed by atoms with van der Waals surface area (Å²) in [6.45, 7) is 2.45. The molecule has 0 aliphatic rings. The van der Waals surface area contributed by atoms with Gasteiger partial charge in [-0.15, -0.1) is 0 Å². The van der Waals surface area contributed by atoms with Gasteiger partial charge in [0, 0.05) is 5.56 Å². The molecule has 5 aromatic carbocycles. The molecule has 0 saturated heterocycles. The van der Waals surface area contributed by atoms with Gasteiger partial charge >= 0.3 is 0 Å². The third kappa shape index (κ3) is 4.91. The molecule has 0 bridgehead atoms. The number of hydrogen-bond acceptors (Lipinski definition) is 6. The molecule has 0 N–H and O–H groups in total. The van der Waals surface area contributed by atoms with Crippen molar-refractivity contribution in [2.24, 2.45) is 5.10 Å². The molecule has 0 fully saturated rings. The molecule has 2 aromatic heterocycles. The lowest BCUT2D eigenvalue weighted by atomic mass is 10.0. The smallest absolute Gasteiger partial charge is 0.282 e. The molecular weight excluding hydrogens is 538 g/mol. The van der Waals surface area contributed by atoms with Gasteiger partial charge in [0.15, 0.2) is 5.76 Å². The van der Waals surface area contributed by atoms with Crippen molar-refractivity contribution in [3.05, 3.63) is 136 Å². The summed E-state index contributed by atoms with van der Waals surface area (Å²) >= 11 is 0. The Kier molecular flexibility index (Phi) is 6.68. The highest BCUT2D eigenvalue weighted by Crippen LogP contribution is 2.33. The first-order chi connectivity index (χ1) is 21.1. The van der Waals surface area contributed by atoms with Crippen molar-refractivity contribution in [2.75, 3.05) is 7.11 Å². The fourth-order valence-corrected chi connectivity index (χ4v) is 5.21. The zero-order chi connectivity index (χ0) is 29.3. The Balaban J connectivity index is 1.38. The van der Waals surface area contributed by atoms with Gasteiger partial charge in [0.25, 0.3) is 5.56 Å². The fourth-order valence-electron chi connectivity index (χ4n) is 5.21. The number of methoxy groups -OCH3 is 1. The topological polar surface area (TPSA) is 78.9 Å². The SMILES string of the molecule is COc1cccc2oc(-c3nc4ccccc4c(=O)n3N=Cc3c(OCc4ccc(C)cc4)ccc4ccccc34)cc12. The van der Waals surface area contributed by atoms with E-state index >= 15 is 0 Å². The highest BCUT2D eigenvalue weighted by molar-refractivity contribution is 6.02. The number of aromatic nitrogens is 2. The van der Waals surface area contributed by atoms with Crippen LogP contribution in [0.5, 0.6) is 11.5 Å². The van der Waals surface area contributed by atoms with E-state index in [0.717, 1.165) is 27.3 Å². The second-order valence-electron chi connectivity index (χ2n) is 10.3. The van der Waals surface area contributed by atoms with E-state index in [1.54, 1.807) is 25.5 Å². The van der Waals surface area contributed by atoms with Gasteiger partial charge in [0.1, 0.15) is 23.7 Å². The van der Waals surface area contributed by atoms with E-state index in [0.29, 0.717) is 40.4 Å². The van der Waals surface area contributed by atoms with Gasteiger partial charge < -0.3 is 13.9 Å². The van der Waals surface area contributed by atoms with E-state index in [2.05, 4.69) is 31.2 Å². The maximum atomic E-state index is 13.9. The minimum Gasteiger partial charge on any atom is -0.496 e. The van der Waals surface area contributed by atoms with E-state index in [4.69, 9.17) is 24.0 Å². The lowest BCUT2D eigenvalue weighted by molar-refractivity contribution is 0.306. The Morgan fingerprint density at radius 1 is 0.837 bits per heavy atom. The summed E-state index contributed by atoms with van der Waals surface area (Å²) in [7, 11) is 1.61. The predicted molar refractivity (Wildman–Crippen MR) is 170 cm³/mol. The molecule has 0 spiro atoms. The Morgan fingerprint density at radius 3 is 2.47 bits per heavy atom. The van der Waals surface area contributed by atoms with Crippen molar-refractivity contribution < 1.29 is 13.9 Å². The lowest BCUT2D eigenvalue weighted by Gasteiger charge is -2.13. The van der Waals surface area contributed by atoms with Crippen molar-refractivity contribution in [1.82, 2.24) is 9.66 Å². The van der Waals surface area contributed by atoms with E-state index in [-0.39, 0.29) is 11.4 Å². The lowest BCUT2D eigenvalue weighted by Crippen LogP contribution is -2.20. The molecule has 7 rings (SSSR count). The number of fused-ring (bicyclic) bond motifs is 3. The molecule has 7 nitrogen and oxygen atoms in total. The van der Waals surface area contributed by atoms with Crippen LogP contribution in [0.2, 0.25) is 0 Å². The maximum Gasteiger partial charge on any atom is 0.282 e. The molecule has 0 atom stereocenters. The van der Waals surface area contributed by atoms with Gasteiger partial charge in [-0.1, -0.05) is 78.4 Å². The third-order valence-corrected chi connectivity index (χ3v) is 7.46. The van der Waals surface area contributed by atoms with Gasteiger partial charge in [-0.25, -0.2) is 4.98 Å².